The third-order valence-electron chi connectivity index (χ3n) is 2.40. The largest absolute Gasteiger partial charge is 0.368 e. The molecule has 96 valence electrons. The van der Waals surface area contributed by atoms with Crippen molar-refractivity contribution in [2.75, 3.05) is 5.73 Å². The highest BCUT2D eigenvalue weighted by molar-refractivity contribution is 7.98. The molecule has 3 rings (SSSR count). The molecule has 0 saturated carbocycles. The van der Waals surface area contributed by atoms with E-state index in [0.717, 1.165) is 22.0 Å². The molecule has 19 heavy (non-hydrogen) atoms. The smallest absolute Gasteiger partial charge is 0.216 e. The number of nitrogens with two attached hydrogens (primary N) is 1. The molecule has 3 aromatic rings. The van der Waals surface area contributed by atoms with Crippen LogP contribution >= 0.6 is 23.1 Å². The zero-order valence-electron chi connectivity index (χ0n) is 9.91. The summed E-state index contributed by atoms with van der Waals surface area (Å²) in [6, 6.07) is 10.2. The number of anilines is 1. The Hall–Kier alpha value is -1.86. The summed E-state index contributed by atoms with van der Waals surface area (Å²) in [4.78, 5) is 8.64. The molecule has 0 saturated heterocycles. The van der Waals surface area contributed by atoms with Gasteiger partial charge in [0.05, 0.1) is 5.69 Å². The molecule has 0 aliphatic rings. The van der Waals surface area contributed by atoms with E-state index in [1.165, 1.54) is 11.8 Å². The lowest BCUT2D eigenvalue weighted by Crippen LogP contribution is -1.85. The van der Waals surface area contributed by atoms with Crippen molar-refractivity contribution in [3.05, 3.63) is 41.4 Å². The number of nitrogen functional groups attached to an aromatic ring is 1. The lowest BCUT2D eigenvalue weighted by molar-refractivity contribution is 0.972. The second-order valence-electron chi connectivity index (χ2n) is 3.80. The maximum atomic E-state index is 5.47. The molecule has 0 radical (unpaired) electrons. The Bertz CT molecular complexity index is 662. The first-order chi connectivity index (χ1) is 9.31. The van der Waals surface area contributed by atoms with Crippen LogP contribution in [0, 0.1) is 0 Å². The number of thiazole rings is 1. The van der Waals surface area contributed by atoms with Crippen molar-refractivity contribution in [1.29, 1.82) is 0 Å². The molecule has 2 heterocycles. The number of H-pyrrole nitrogens is 1. The summed E-state index contributed by atoms with van der Waals surface area (Å²) in [6.45, 7) is 0. The fourth-order valence-corrected chi connectivity index (χ4v) is 3.18. The Morgan fingerprint density at radius 3 is 2.79 bits per heavy atom. The second kappa shape index (κ2) is 5.41. The van der Waals surface area contributed by atoms with Crippen LogP contribution in [0.4, 0.5) is 5.95 Å². The average molecular weight is 289 g/mol. The summed E-state index contributed by atoms with van der Waals surface area (Å²) in [6.07, 6.45) is 0. The van der Waals surface area contributed by atoms with Crippen LogP contribution in [0.1, 0.15) is 5.69 Å². The molecule has 0 bridgehead atoms. The molecule has 1 aromatic carbocycles. The molecule has 0 aliphatic carbocycles. The van der Waals surface area contributed by atoms with Gasteiger partial charge in [0.2, 0.25) is 11.1 Å². The van der Waals surface area contributed by atoms with E-state index in [9.17, 15) is 0 Å². The molecule has 2 aromatic heterocycles. The van der Waals surface area contributed by atoms with Crippen molar-refractivity contribution >= 4 is 29.0 Å². The molecule has 0 atom stereocenters. The van der Waals surface area contributed by atoms with Gasteiger partial charge in [-0.2, -0.15) is 4.98 Å². The molecular weight excluding hydrogens is 278 g/mol. The number of aromatic amines is 1. The molecule has 0 aliphatic heterocycles. The summed E-state index contributed by atoms with van der Waals surface area (Å²) in [5.74, 6) is 1.08. The molecule has 0 amide bonds. The number of hydrogen-bond donors (Lipinski definition) is 2. The molecule has 5 nitrogen and oxygen atoms in total. The van der Waals surface area contributed by atoms with Crippen LogP contribution in [-0.2, 0) is 5.75 Å². The maximum Gasteiger partial charge on any atom is 0.216 e. The normalized spacial score (nSPS) is 10.7. The predicted octanol–water partition coefficient (Wildman–Crippen LogP) is 2.80. The van der Waals surface area contributed by atoms with E-state index in [-0.39, 0.29) is 0 Å². The van der Waals surface area contributed by atoms with E-state index in [1.807, 2.05) is 18.2 Å². The van der Waals surface area contributed by atoms with Crippen molar-refractivity contribution in [3.63, 3.8) is 0 Å². The van der Waals surface area contributed by atoms with Crippen LogP contribution in [0.25, 0.3) is 10.6 Å². The van der Waals surface area contributed by atoms with E-state index < -0.39 is 0 Å². The number of benzene rings is 1. The summed E-state index contributed by atoms with van der Waals surface area (Å²) in [7, 11) is 0. The van der Waals surface area contributed by atoms with Crippen molar-refractivity contribution in [2.24, 2.45) is 0 Å². The summed E-state index contributed by atoms with van der Waals surface area (Å²) < 4.78 is 0. The maximum absolute atomic E-state index is 5.47. The first-order valence-corrected chi connectivity index (χ1v) is 7.48. The Balaban J connectivity index is 1.68. The number of rotatable bonds is 4. The van der Waals surface area contributed by atoms with Crippen molar-refractivity contribution in [2.45, 2.75) is 10.9 Å². The SMILES string of the molecule is Nc1nc(SCc2csc(-c3ccccc3)n2)n[nH]1. The van der Waals surface area contributed by atoms with E-state index in [4.69, 9.17) is 5.73 Å². The van der Waals surface area contributed by atoms with Gasteiger partial charge in [0.15, 0.2) is 0 Å². The third kappa shape index (κ3) is 2.94. The van der Waals surface area contributed by atoms with Gasteiger partial charge in [0.25, 0.3) is 0 Å². The minimum absolute atomic E-state index is 0.339. The Kier molecular flexibility index (Phi) is 3.47. The lowest BCUT2D eigenvalue weighted by Gasteiger charge is -1.94. The Morgan fingerprint density at radius 2 is 2.05 bits per heavy atom. The van der Waals surface area contributed by atoms with Gasteiger partial charge in [-0.15, -0.1) is 16.4 Å². The summed E-state index contributed by atoms with van der Waals surface area (Å²) >= 11 is 3.16. The summed E-state index contributed by atoms with van der Waals surface area (Å²) in [5.41, 5.74) is 7.64. The number of nitrogens with one attached hydrogen (secondary N) is 1. The van der Waals surface area contributed by atoms with Gasteiger partial charge in [0, 0.05) is 16.7 Å². The molecule has 0 fully saturated rings. The number of nitrogens with zero attached hydrogens (tertiary/aromatic N) is 3. The van der Waals surface area contributed by atoms with Crippen LogP contribution < -0.4 is 5.73 Å². The highest BCUT2D eigenvalue weighted by Gasteiger charge is 2.06. The summed E-state index contributed by atoms with van der Waals surface area (Å²) in [5, 5.41) is 10.3. The average Bonchev–Trinajstić information content (AvgIpc) is 3.06. The number of hydrogen-bond acceptors (Lipinski definition) is 6. The van der Waals surface area contributed by atoms with E-state index in [0.29, 0.717) is 11.1 Å². The fourth-order valence-electron chi connectivity index (χ4n) is 1.55. The van der Waals surface area contributed by atoms with Gasteiger partial charge >= 0.3 is 0 Å². The first-order valence-electron chi connectivity index (χ1n) is 5.62. The van der Waals surface area contributed by atoms with Crippen molar-refractivity contribution in [1.82, 2.24) is 20.2 Å². The zero-order valence-corrected chi connectivity index (χ0v) is 11.5. The van der Waals surface area contributed by atoms with Crippen molar-refractivity contribution in [3.8, 4) is 10.6 Å². The van der Waals surface area contributed by atoms with Gasteiger partial charge in [-0.3, -0.25) is 0 Å². The van der Waals surface area contributed by atoms with Gasteiger partial charge in [-0.25, -0.2) is 10.1 Å². The van der Waals surface area contributed by atoms with Gasteiger partial charge < -0.3 is 5.73 Å². The number of aromatic nitrogens is 4. The monoisotopic (exact) mass is 289 g/mol. The van der Waals surface area contributed by atoms with Crippen LogP contribution in [0.15, 0.2) is 40.9 Å². The zero-order chi connectivity index (χ0) is 13.1. The highest BCUT2D eigenvalue weighted by atomic mass is 32.2. The van der Waals surface area contributed by atoms with E-state index in [1.54, 1.807) is 11.3 Å². The Labute approximate surface area is 118 Å². The highest BCUT2D eigenvalue weighted by Crippen LogP contribution is 2.26. The Morgan fingerprint density at radius 1 is 1.21 bits per heavy atom. The minimum atomic E-state index is 0.339. The van der Waals surface area contributed by atoms with E-state index in [2.05, 4.69) is 37.7 Å². The lowest BCUT2D eigenvalue weighted by atomic mass is 10.2. The first kappa shape index (κ1) is 12.2. The van der Waals surface area contributed by atoms with Crippen LogP contribution in [0.5, 0.6) is 0 Å². The minimum Gasteiger partial charge on any atom is -0.368 e. The molecule has 0 spiro atoms. The van der Waals surface area contributed by atoms with Crippen LogP contribution in [0.3, 0.4) is 0 Å². The van der Waals surface area contributed by atoms with Gasteiger partial charge in [0.1, 0.15) is 5.01 Å². The molecule has 0 unspecified atom stereocenters. The quantitative estimate of drug-likeness (QED) is 0.722. The molecule has 3 N–H and O–H groups in total. The molecule has 7 heteroatoms. The fraction of sp³-hybridized carbons (Fsp3) is 0.0833. The van der Waals surface area contributed by atoms with Crippen LogP contribution in [-0.4, -0.2) is 20.2 Å². The van der Waals surface area contributed by atoms with Crippen LogP contribution in [0.2, 0.25) is 0 Å². The van der Waals surface area contributed by atoms with Crippen molar-refractivity contribution < 1.29 is 0 Å². The van der Waals surface area contributed by atoms with Gasteiger partial charge in [-0.05, 0) is 0 Å². The second-order valence-corrected chi connectivity index (χ2v) is 5.60. The number of thioether (sulfide) groups is 1. The molecular formula is C12H11N5S2. The third-order valence-corrected chi connectivity index (χ3v) is 4.22. The van der Waals surface area contributed by atoms with Gasteiger partial charge in [-0.1, -0.05) is 42.1 Å². The predicted molar refractivity (Wildman–Crippen MR) is 77.9 cm³/mol. The standard InChI is InChI=1S/C12H11N5S2/c13-11-15-12(17-16-11)19-7-9-6-18-10(14-9)8-4-2-1-3-5-8/h1-6H,7H2,(H3,13,15,16,17). The van der Waals surface area contributed by atoms with E-state index >= 15 is 0 Å². The topological polar surface area (TPSA) is 80.5 Å².